The number of anilines is 1. The molecule has 94 valence electrons. The van der Waals surface area contributed by atoms with Gasteiger partial charge < -0.3 is 15.8 Å². The lowest BCUT2D eigenvalue weighted by Crippen LogP contribution is -2.25. The molecule has 0 saturated heterocycles. The van der Waals surface area contributed by atoms with Crippen molar-refractivity contribution in [3.05, 3.63) is 28.8 Å². The Hall–Kier alpha value is -1.26. The largest absolute Gasteiger partial charge is 0.399 e. The number of carbonyl (C=O) groups excluding carboxylic acids is 1. The van der Waals surface area contributed by atoms with Gasteiger partial charge in [0.15, 0.2) is 0 Å². The van der Waals surface area contributed by atoms with E-state index in [9.17, 15) is 4.79 Å². The third-order valence-electron chi connectivity index (χ3n) is 2.14. The third-order valence-corrected chi connectivity index (χ3v) is 2.36. The van der Waals surface area contributed by atoms with Crippen molar-refractivity contribution in [3.63, 3.8) is 0 Å². The number of carbonyl (C=O) groups is 1. The summed E-state index contributed by atoms with van der Waals surface area (Å²) in [7, 11) is 0. The summed E-state index contributed by atoms with van der Waals surface area (Å²) in [5, 5.41) is 3.24. The topological polar surface area (TPSA) is 64.3 Å². The van der Waals surface area contributed by atoms with E-state index in [4.69, 9.17) is 22.1 Å². The molecular formula is C12H17ClN2O2. The number of hydrogen-bond donors (Lipinski definition) is 2. The molecule has 17 heavy (non-hydrogen) atoms. The number of hydrogen-bond acceptors (Lipinski definition) is 3. The van der Waals surface area contributed by atoms with Crippen molar-refractivity contribution in [2.24, 2.45) is 0 Å². The fourth-order valence-electron chi connectivity index (χ4n) is 1.37. The Balaban J connectivity index is 2.41. The number of halogens is 1. The molecule has 1 aromatic rings. The number of rotatable bonds is 6. The molecule has 0 aliphatic rings. The summed E-state index contributed by atoms with van der Waals surface area (Å²) >= 11 is 5.82. The second kappa shape index (κ2) is 7.14. The van der Waals surface area contributed by atoms with E-state index in [1.807, 2.05) is 6.92 Å². The summed E-state index contributed by atoms with van der Waals surface area (Å²) in [6.07, 6.45) is 0.787. The van der Waals surface area contributed by atoms with Crippen molar-refractivity contribution in [1.82, 2.24) is 5.32 Å². The highest BCUT2D eigenvalue weighted by Gasteiger charge is 2.06. The van der Waals surface area contributed by atoms with Crippen LogP contribution in [0.2, 0.25) is 5.02 Å². The Kier molecular flexibility index (Phi) is 5.80. The average molecular weight is 257 g/mol. The number of nitrogens with one attached hydrogen (secondary N) is 1. The Bertz CT molecular complexity index is 363. The lowest BCUT2D eigenvalue weighted by Gasteiger charge is -2.06. The van der Waals surface area contributed by atoms with E-state index in [1.165, 1.54) is 0 Å². The van der Waals surface area contributed by atoms with Crippen LogP contribution in [0.25, 0.3) is 0 Å². The van der Waals surface area contributed by atoms with Crippen LogP contribution in [0, 0.1) is 0 Å². The van der Waals surface area contributed by atoms with E-state index in [1.54, 1.807) is 18.2 Å². The van der Waals surface area contributed by atoms with Gasteiger partial charge in [-0.1, -0.05) is 11.6 Å². The van der Waals surface area contributed by atoms with Crippen LogP contribution in [0.4, 0.5) is 5.69 Å². The Morgan fingerprint density at radius 2 is 2.24 bits per heavy atom. The first-order chi connectivity index (χ1) is 8.13. The summed E-state index contributed by atoms with van der Waals surface area (Å²) in [6.45, 7) is 3.85. The predicted octanol–water partition coefficient (Wildman–Crippen LogP) is 2.08. The fourth-order valence-corrected chi connectivity index (χ4v) is 1.61. The van der Waals surface area contributed by atoms with E-state index in [0.717, 1.165) is 6.42 Å². The molecule has 3 N–H and O–H groups in total. The molecule has 0 aromatic heterocycles. The summed E-state index contributed by atoms with van der Waals surface area (Å²) in [6, 6.07) is 4.80. The Morgan fingerprint density at radius 1 is 1.47 bits per heavy atom. The van der Waals surface area contributed by atoms with Crippen molar-refractivity contribution in [2.45, 2.75) is 13.3 Å². The van der Waals surface area contributed by atoms with Gasteiger partial charge >= 0.3 is 0 Å². The average Bonchev–Trinajstić information content (AvgIpc) is 2.27. The highest BCUT2D eigenvalue weighted by atomic mass is 35.5. The highest BCUT2D eigenvalue weighted by Crippen LogP contribution is 2.16. The number of nitrogens with two attached hydrogens (primary N) is 1. The van der Waals surface area contributed by atoms with Crippen molar-refractivity contribution in [3.8, 4) is 0 Å². The van der Waals surface area contributed by atoms with E-state index >= 15 is 0 Å². The SMILES string of the molecule is CCOCCCNC(=O)c1cc(N)cc(Cl)c1. The van der Waals surface area contributed by atoms with Gasteiger partial charge in [-0.3, -0.25) is 4.79 Å². The van der Waals surface area contributed by atoms with Gasteiger partial charge in [0.1, 0.15) is 0 Å². The second-order valence-corrected chi connectivity index (χ2v) is 4.02. The molecule has 0 unspecified atom stereocenters. The van der Waals surface area contributed by atoms with Gasteiger partial charge in [0.05, 0.1) is 0 Å². The zero-order valence-electron chi connectivity index (χ0n) is 9.83. The first-order valence-corrected chi connectivity index (χ1v) is 5.93. The van der Waals surface area contributed by atoms with Crippen LogP contribution >= 0.6 is 11.6 Å². The first kappa shape index (κ1) is 13.8. The van der Waals surface area contributed by atoms with E-state index in [2.05, 4.69) is 5.32 Å². The third kappa shape index (κ3) is 5.06. The standard InChI is InChI=1S/C12H17ClN2O2/c1-2-17-5-3-4-15-12(16)9-6-10(13)8-11(14)7-9/h6-8H,2-5,14H2,1H3,(H,15,16). The molecule has 0 aliphatic carbocycles. The van der Waals surface area contributed by atoms with Crippen molar-refractivity contribution in [1.29, 1.82) is 0 Å². The van der Waals surface area contributed by atoms with Crippen molar-refractivity contribution in [2.75, 3.05) is 25.5 Å². The zero-order valence-corrected chi connectivity index (χ0v) is 10.6. The molecule has 0 aliphatic heterocycles. The van der Waals surface area contributed by atoms with Gasteiger partial charge in [0, 0.05) is 36.0 Å². The Morgan fingerprint density at radius 3 is 2.88 bits per heavy atom. The van der Waals surface area contributed by atoms with E-state index in [-0.39, 0.29) is 5.91 Å². The number of amides is 1. The van der Waals surface area contributed by atoms with Crippen LogP contribution in [-0.4, -0.2) is 25.7 Å². The quantitative estimate of drug-likeness (QED) is 0.605. The molecule has 0 fully saturated rings. The van der Waals surface area contributed by atoms with Crippen LogP contribution in [0.15, 0.2) is 18.2 Å². The number of nitrogen functional groups attached to an aromatic ring is 1. The molecule has 4 nitrogen and oxygen atoms in total. The maximum Gasteiger partial charge on any atom is 0.251 e. The van der Waals surface area contributed by atoms with Crippen LogP contribution in [0.5, 0.6) is 0 Å². The number of ether oxygens (including phenoxy) is 1. The van der Waals surface area contributed by atoms with Crippen molar-refractivity contribution < 1.29 is 9.53 Å². The zero-order chi connectivity index (χ0) is 12.7. The minimum absolute atomic E-state index is 0.171. The molecule has 0 radical (unpaired) electrons. The van der Waals surface area contributed by atoms with Gasteiger partial charge in [0.25, 0.3) is 5.91 Å². The number of benzene rings is 1. The van der Waals surface area contributed by atoms with Crippen LogP contribution in [-0.2, 0) is 4.74 Å². The van der Waals surface area contributed by atoms with Gasteiger partial charge in [-0.2, -0.15) is 0 Å². The molecular weight excluding hydrogens is 240 g/mol. The lowest BCUT2D eigenvalue weighted by molar-refractivity contribution is 0.0944. The summed E-state index contributed by atoms with van der Waals surface area (Å²) < 4.78 is 5.17. The van der Waals surface area contributed by atoms with E-state index < -0.39 is 0 Å². The summed E-state index contributed by atoms with van der Waals surface area (Å²) in [5.74, 6) is -0.171. The highest BCUT2D eigenvalue weighted by molar-refractivity contribution is 6.31. The normalized spacial score (nSPS) is 10.2. The lowest BCUT2D eigenvalue weighted by atomic mass is 10.2. The first-order valence-electron chi connectivity index (χ1n) is 5.55. The van der Waals surface area contributed by atoms with Crippen LogP contribution in [0.3, 0.4) is 0 Å². The minimum Gasteiger partial charge on any atom is -0.399 e. The minimum atomic E-state index is -0.171. The van der Waals surface area contributed by atoms with Crippen LogP contribution < -0.4 is 11.1 Å². The molecule has 0 spiro atoms. The molecule has 1 rings (SSSR count). The molecule has 0 heterocycles. The van der Waals surface area contributed by atoms with E-state index in [0.29, 0.717) is 36.0 Å². The van der Waals surface area contributed by atoms with Gasteiger partial charge in [-0.15, -0.1) is 0 Å². The molecule has 0 saturated carbocycles. The van der Waals surface area contributed by atoms with Gasteiger partial charge in [-0.25, -0.2) is 0 Å². The second-order valence-electron chi connectivity index (χ2n) is 3.58. The monoisotopic (exact) mass is 256 g/mol. The molecule has 5 heteroatoms. The van der Waals surface area contributed by atoms with Crippen LogP contribution in [0.1, 0.15) is 23.7 Å². The van der Waals surface area contributed by atoms with Gasteiger partial charge in [-0.05, 0) is 31.5 Å². The molecule has 0 atom stereocenters. The maximum absolute atomic E-state index is 11.7. The summed E-state index contributed by atoms with van der Waals surface area (Å²) in [5.41, 5.74) is 6.57. The maximum atomic E-state index is 11.7. The molecule has 1 aromatic carbocycles. The predicted molar refractivity (Wildman–Crippen MR) is 69.3 cm³/mol. The molecule has 1 amide bonds. The molecule has 0 bridgehead atoms. The Labute approximate surface area is 106 Å². The smallest absolute Gasteiger partial charge is 0.251 e. The van der Waals surface area contributed by atoms with Gasteiger partial charge in [0.2, 0.25) is 0 Å². The van der Waals surface area contributed by atoms with Crippen molar-refractivity contribution >= 4 is 23.2 Å². The fraction of sp³-hybridized carbons (Fsp3) is 0.417. The summed E-state index contributed by atoms with van der Waals surface area (Å²) in [4.78, 5) is 11.7.